The number of hydrogen-bond acceptors (Lipinski definition) is 2. The van der Waals surface area contributed by atoms with Gasteiger partial charge in [-0.3, -0.25) is 4.79 Å². The summed E-state index contributed by atoms with van der Waals surface area (Å²) in [4.78, 5) is 13.4. The predicted molar refractivity (Wildman–Crippen MR) is 53.2 cm³/mol. The van der Waals surface area contributed by atoms with Crippen LogP contribution in [0.5, 0.6) is 0 Å². The summed E-state index contributed by atoms with van der Waals surface area (Å²) >= 11 is 0. The topological polar surface area (TPSA) is 46.3 Å². The van der Waals surface area contributed by atoms with Gasteiger partial charge in [0.2, 0.25) is 5.91 Å². The lowest BCUT2D eigenvalue weighted by Gasteiger charge is -2.46. The van der Waals surface area contributed by atoms with Crippen molar-refractivity contribution in [3.63, 3.8) is 0 Å². The number of carbonyl (C=O) groups is 1. The monoisotopic (exact) mass is 184 g/mol. The highest BCUT2D eigenvalue weighted by Crippen LogP contribution is 2.24. The molecule has 0 atom stereocenters. The molecular formula is C10H20N2O. The predicted octanol–water partition coefficient (Wildman–Crippen LogP) is 0.982. The first-order valence-electron chi connectivity index (χ1n) is 4.76. The van der Waals surface area contributed by atoms with Crippen molar-refractivity contribution in [3.8, 4) is 0 Å². The second-order valence-electron chi connectivity index (χ2n) is 5.64. The van der Waals surface area contributed by atoms with E-state index in [9.17, 15) is 4.79 Å². The maximum absolute atomic E-state index is 11.6. The second kappa shape index (κ2) is 2.98. The van der Waals surface area contributed by atoms with Gasteiger partial charge in [0.05, 0.1) is 0 Å². The van der Waals surface area contributed by atoms with Crippen molar-refractivity contribution in [1.82, 2.24) is 4.90 Å². The number of likely N-dealkylation sites (tertiary alicyclic amines) is 1. The van der Waals surface area contributed by atoms with Crippen LogP contribution < -0.4 is 5.73 Å². The summed E-state index contributed by atoms with van der Waals surface area (Å²) in [6, 6.07) is 0. The molecule has 0 unspecified atom stereocenters. The maximum atomic E-state index is 11.6. The minimum Gasteiger partial charge on any atom is -0.339 e. The Morgan fingerprint density at radius 3 is 2.23 bits per heavy atom. The third-order valence-corrected chi connectivity index (χ3v) is 2.14. The minimum absolute atomic E-state index is 0.0810. The fraction of sp³-hybridized carbons (Fsp3) is 0.900. The van der Waals surface area contributed by atoms with Crippen LogP contribution in [0.25, 0.3) is 0 Å². The zero-order valence-corrected chi connectivity index (χ0v) is 9.05. The van der Waals surface area contributed by atoms with E-state index in [-0.39, 0.29) is 16.9 Å². The van der Waals surface area contributed by atoms with Gasteiger partial charge >= 0.3 is 0 Å². The molecule has 1 fully saturated rings. The molecule has 0 bridgehead atoms. The van der Waals surface area contributed by atoms with Crippen molar-refractivity contribution < 1.29 is 4.79 Å². The van der Waals surface area contributed by atoms with Crippen LogP contribution in [0.1, 0.15) is 34.1 Å². The van der Waals surface area contributed by atoms with E-state index in [0.29, 0.717) is 19.5 Å². The number of hydrogen-bond donors (Lipinski definition) is 1. The standard InChI is InChI=1S/C10H20N2O/c1-9(2,3)5-8(13)12-6-10(4,11)7-12/h5-7,11H2,1-4H3. The molecule has 3 nitrogen and oxygen atoms in total. The van der Waals surface area contributed by atoms with Crippen LogP contribution in [-0.4, -0.2) is 29.4 Å². The Kier molecular flexibility index (Phi) is 2.41. The quantitative estimate of drug-likeness (QED) is 0.660. The number of nitrogens with two attached hydrogens (primary N) is 1. The molecule has 1 aliphatic rings. The normalized spacial score (nSPS) is 21.2. The van der Waals surface area contributed by atoms with Crippen LogP contribution in [0.4, 0.5) is 0 Å². The summed E-state index contributed by atoms with van der Waals surface area (Å²) in [6.45, 7) is 9.63. The van der Waals surface area contributed by atoms with Crippen molar-refractivity contribution in [2.45, 2.75) is 39.7 Å². The van der Waals surface area contributed by atoms with Crippen molar-refractivity contribution in [3.05, 3.63) is 0 Å². The van der Waals surface area contributed by atoms with E-state index in [4.69, 9.17) is 5.73 Å². The van der Waals surface area contributed by atoms with Gasteiger partial charge in [0.25, 0.3) is 0 Å². The Labute approximate surface area is 80.3 Å². The van der Waals surface area contributed by atoms with E-state index in [0.717, 1.165) is 0 Å². The first kappa shape index (κ1) is 10.5. The number of carbonyl (C=O) groups excluding carboxylic acids is 1. The van der Waals surface area contributed by atoms with Gasteiger partial charge in [-0.2, -0.15) is 0 Å². The van der Waals surface area contributed by atoms with Crippen LogP contribution in [0.15, 0.2) is 0 Å². The third-order valence-electron chi connectivity index (χ3n) is 2.14. The largest absolute Gasteiger partial charge is 0.339 e. The smallest absolute Gasteiger partial charge is 0.223 e. The molecule has 0 aromatic carbocycles. The molecule has 0 saturated carbocycles. The van der Waals surface area contributed by atoms with Crippen LogP contribution in [0, 0.1) is 5.41 Å². The fourth-order valence-electron chi connectivity index (χ4n) is 1.57. The molecule has 13 heavy (non-hydrogen) atoms. The van der Waals surface area contributed by atoms with Gasteiger partial charge in [-0.05, 0) is 12.3 Å². The van der Waals surface area contributed by atoms with Gasteiger partial charge in [0, 0.05) is 25.0 Å². The summed E-state index contributed by atoms with van der Waals surface area (Å²) in [5.74, 6) is 0.232. The highest BCUT2D eigenvalue weighted by atomic mass is 16.2. The minimum atomic E-state index is -0.145. The van der Waals surface area contributed by atoms with Gasteiger partial charge in [0.1, 0.15) is 0 Å². The van der Waals surface area contributed by atoms with Crippen LogP contribution >= 0.6 is 0 Å². The lowest BCUT2D eigenvalue weighted by Crippen LogP contribution is -2.67. The van der Waals surface area contributed by atoms with Gasteiger partial charge in [-0.1, -0.05) is 20.8 Å². The van der Waals surface area contributed by atoms with Gasteiger partial charge in [-0.25, -0.2) is 0 Å². The summed E-state index contributed by atoms with van der Waals surface area (Å²) < 4.78 is 0. The SMILES string of the molecule is CC(C)(C)CC(=O)N1CC(C)(N)C1. The average molecular weight is 184 g/mol. The van der Waals surface area contributed by atoms with E-state index in [2.05, 4.69) is 20.8 Å². The Balaban J connectivity index is 2.36. The molecule has 1 amide bonds. The zero-order chi connectivity index (χ0) is 10.3. The molecule has 0 aromatic heterocycles. The molecular weight excluding hydrogens is 164 g/mol. The lowest BCUT2D eigenvalue weighted by atomic mass is 9.88. The molecule has 1 heterocycles. The highest BCUT2D eigenvalue weighted by Gasteiger charge is 2.38. The molecule has 3 heteroatoms. The van der Waals surface area contributed by atoms with E-state index in [1.54, 1.807) is 0 Å². The first-order chi connectivity index (χ1) is 5.70. The summed E-state index contributed by atoms with van der Waals surface area (Å²) in [6.07, 6.45) is 0.614. The van der Waals surface area contributed by atoms with E-state index in [1.165, 1.54) is 0 Å². The summed E-state index contributed by atoms with van der Waals surface area (Å²) in [5.41, 5.74) is 5.76. The number of amides is 1. The Morgan fingerprint density at radius 1 is 1.46 bits per heavy atom. The van der Waals surface area contributed by atoms with Gasteiger partial charge < -0.3 is 10.6 Å². The summed E-state index contributed by atoms with van der Waals surface area (Å²) in [7, 11) is 0. The Bertz CT molecular complexity index is 207. The first-order valence-corrected chi connectivity index (χ1v) is 4.76. The fourth-order valence-corrected chi connectivity index (χ4v) is 1.57. The third kappa shape index (κ3) is 2.99. The molecule has 1 rings (SSSR count). The Morgan fingerprint density at radius 2 is 1.92 bits per heavy atom. The van der Waals surface area contributed by atoms with Crippen molar-refractivity contribution in [2.24, 2.45) is 11.1 Å². The number of nitrogens with zero attached hydrogens (tertiary/aromatic N) is 1. The molecule has 2 N–H and O–H groups in total. The van der Waals surface area contributed by atoms with Crippen molar-refractivity contribution >= 4 is 5.91 Å². The molecule has 0 aliphatic carbocycles. The van der Waals surface area contributed by atoms with Crippen molar-refractivity contribution in [2.75, 3.05) is 13.1 Å². The average Bonchev–Trinajstić information content (AvgIpc) is 1.77. The highest BCUT2D eigenvalue weighted by molar-refractivity contribution is 5.78. The molecule has 76 valence electrons. The van der Waals surface area contributed by atoms with Gasteiger partial charge in [0.15, 0.2) is 0 Å². The van der Waals surface area contributed by atoms with Crippen LogP contribution in [-0.2, 0) is 4.79 Å². The van der Waals surface area contributed by atoms with Gasteiger partial charge in [-0.15, -0.1) is 0 Å². The Hall–Kier alpha value is -0.570. The van der Waals surface area contributed by atoms with Crippen LogP contribution in [0.3, 0.4) is 0 Å². The molecule has 1 saturated heterocycles. The lowest BCUT2D eigenvalue weighted by molar-refractivity contribution is -0.140. The zero-order valence-electron chi connectivity index (χ0n) is 9.05. The van der Waals surface area contributed by atoms with Crippen LogP contribution in [0.2, 0.25) is 0 Å². The van der Waals surface area contributed by atoms with E-state index < -0.39 is 0 Å². The summed E-state index contributed by atoms with van der Waals surface area (Å²) in [5, 5.41) is 0. The second-order valence-corrected chi connectivity index (χ2v) is 5.64. The molecule has 0 aromatic rings. The van der Waals surface area contributed by atoms with Crippen molar-refractivity contribution in [1.29, 1.82) is 0 Å². The molecule has 1 aliphatic heterocycles. The maximum Gasteiger partial charge on any atom is 0.223 e. The van der Waals surface area contributed by atoms with E-state index >= 15 is 0 Å². The molecule has 0 radical (unpaired) electrons. The molecule has 0 spiro atoms. The number of rotatable bonds is 1. The van der Waals surface area contributed by atoms with E-state index in [1.807, 2.05) is 11.8 Å².